The Morgan fingerprint density at radius 2 is 1.97 bits per heavy atom. The first-order valence-corrected chi connectivity index (χ1v) is 10.0. The van der Waals surface area contributed by atoms with Crippen molar-refractivity contribution in [3.63, 3.8) is 0 Å². The van der Waals surface area contributed by atoms with Crippen LogP contribution in [-0.4, -0.2) is 47.8 Å². The van der Waals surface area contributed by atoms with Crippen molar-refractivity contribution in [3.05, 3.63) is 33.4 Å². The highest BCUT2D eigenvalue weighted by atomic mass is 35.5. The molecule has 12 heteroatoms. The van der Waals surface area contributed by atoms with Crippen LogP contribution in [0.3, 0.4) is 0 Å². The Morgan fingerprint density at radius 1 is 1.31 bits per heavy atom. The van der Waals surface area contributed by atoms with E-state index in [2.05, 4.69) is 10.3 Å². The van der Waals surface area contributed by atoms with Crippen LogP contribution in [0.5, 0.6) is 5.75 Å². The molecule has 2 rings (SSSR count). The molecule has 0 radical (unpaired) electrons. The molecule has 0 aromatic heterocycles. The van der Waals surface area contributed by atoms with Gasteiger partial charge >= 0.3 is 12.1 Å². The van der Waals surface area contributed by atoms with E-state index in [-0.39, 0.29) is 30.2 Å². The Balaban J connectivity index is 2.28. The van der Waals surface area contributed by atoms with Crippen LogP contribution < -0.4 is 21.5 Å². The van der Waals surface area contributed by atoms with Gasteiger partial charge in [-0.2, -0.15) is 13.2 Å². The van der Waals surface area contributed by atoms with Crippen molar-refractivity contribution in [1.29, 1.82) is 0 Å². The number of carbonyl (C=O) groups excluding carboxylic acids is 1. The van der Waals surface area contributed by atoms with E-state index in [9.17, 15) is 27.9 Å². The fourth-order valence-corrected chi connectivity index (χ4v) is 3.39. The molecule has 2 atom stereocenters. The number of aliphatic carboxylic acids is 1. The quantitative estimate of drug-likeness (QED) is 0.258. The summed E-state index contributed by atoms with van der Waals surface area (Å²) < 4.78 is 46.1. The van der Waals surface area contributed by atoms with Crippen LogP contribution >= 0.6 is 11.6 Å². The van der Waals surface area contributed by atoms with Gasteiger partial charge in [-0.15, -0.1) is 0 Å². The first kappa shape index (κ1) is 25.3. The number of fused-ring (bicyclic) bond motifs is 1. The molecule has 0 saturated heterocycles. The topological polar surface area (TPSA) is 140 Å². The number of aryl methyl sites for hydroxylation is 1. The second-order valence-corrected chi connectivity index (χ2v) is 7.73. The molecule has 1 amide bonds. The number of carbonyl (C=O) groups is 2. The van der Waals surface area contributed by atoms with E-state index >= 15 is 0 Å². The average Bonchev–Trinajstić information content (AvgIpc) is 2.69. The van der Waals surface area contributed by atoms with E-state index in [1.54, 1.807) is 13.8 Å². The maximum absolute atomic E-state index is 13.7. The van der Waals surface area contributed by atoms with Gasteiger partial charge in [0, 0.05) is 17.1 Å². The number of nitrogens with two attached hydrogens (primary N) is 2. The molecule has 1 aliphatic rings. The number of ether oxygens (including phenoxy) is 1. The molecule has 1 aromatic carbocycles. The largest absolute Gasteiger partial charge is 0.480 e. The van der Waals surface area contributed by atoms with E-state index in [1.807, 2.05) is 0 Å². The highest BCUT2D eigenvalue weighted by Gasteiger charge is 2.49. The smallest absolute Gasteiger partial charge is 0.429 e. The van der Waals surface area contributed by atoms with Crippen molar-refractivity contribution in [2.75, 3.05) is 6.54 Å². The van der Waals surface area contributed by atoms with E-state index in [0.29, 0.717) is 29.0 Å². The maximum Gasteiger partial charge on any atom is 0.429 e. The monoisotopic (exact) mass is 476 g/mol. The molecular formula is C20H24ClF3N4O4. The molecule has 1 unspecified atom stereocenters. The third-order valence-electron chi connectivity index (χ3n) is 4.88. The molecule has 1 heterocycles. The van der Waals surface area contributed by atoms with Crippen LogP contribution in [0.15, 0.2) is 16.6 Å². The van der Waals surface area contributed by atoms with Crippen molar-refractivity contribution in [3.8, 4) is 5.75 Å². The minimum absolute atomic E-state index is 0.0213. The van der Waals surface area contributed by atoms with Crippen LogP contribution in [0.25, 0.3) is 6.08 Å². The van der Waals surface area contributed by atoms with Crippen LogP contribution in [0.1, 0.15) is 36.0 Å². The number of halogens is 4. The fourth-order valence-electron chi connectivity index (χ4n) is 3.23. The highest BCUT2D eigenvalue weighted by Crippen LogP contribution is 2.41. The van der Waals surface area contributed by atoms with Crippen LogP contribution in [-0.2, 0) is 9.59 Å². The summed E-state index contributed by atoms with van der Waals surface area (Å²) in [5, 5.41) is 11.9. The minimum Gasteiger partial charge on any atom is -0.480 e. The summed E-state index contributed by atoms with van der Waals surface area (Å²) >= 11 is 6.19. The molecule has 0 fully saturated rings. The van der Waals surface area contributed by atoms with Gasteiger partial charge in [-0.25, -0.2) is 4.79 Å². The number of nitrogens with one attached hydrogen (secondary N) is 1. The van der Waals surface area contributed by atoms with Crippen LogP contribution in [0.2, 0.25) is 5.02 Å². The van der Waals surface area contributed by atoms with Crippen LogP contribution in [0.4, 0.5) is 13.2 Å². The van der Waals surface area contributed by atoms with Gasteiger partial charge in [-0.3, -0.25) is 9.79 Å². The number of unbranched alkanes of at least 4 members (excludes halogenated alkanes) is 1. The first-order valence-electron chi connectivity index (χ1n) is 9.66. The molecule has 176 valence electrons. The second-order valence-electron chi connectivity index (χ2n) is 7.35. The molecule has 0 spiro atoms. The summed E-state index contributed by atoms with van der Waals surface area (Å²) in [6.07, 6.45) is -5.67. The lowest BCUT2D eigenvalue weighted by molar-refractivity contribution is -0.185. The van der Waals surface area contributed by atoms with E-state index in [0.717, 1.165) is 6.08 Å². The van der Waals surface area contributed by atoms with E-state index in [4.69, 9.17) is 27.8 Å². The van der Waals surface area contributed by atoms with Gasteiger partial charge in [0.05, 0.1) is 5.57 Å². The summed E-state index contributed by atoms with van der Waals surface area (Å²) in [7, 11) is 0. The molecular weight excluding hydrogens is 453 g/mol. The molecule has 32 heavy (non-hydrogen) atoms. The average molecular weight is 477 g/mol. The van der Waals surface area contributed by atoms with Crippen molar-refractivity contribution in [2.45, 2.75) is 51.4 Å². The van der Waals surface area contributed by atoms with E-state index in [1.165, 1.54) is 6.07 Å². The standard InChI is InChI=1S/C20H24ClF3N4O4/c1-9-7-14-11(10(2)15(9)21)8-12(16(32-14)20(22,23)24)17(29)28-13(18(30)31)5-3-4-6-27-19(25)26/h7-8,13,16H,3-6H2,1-2H3,(H,28,29)(H,30,31)(H4,25,26,27)/t13?,16-/m0/s1. The van der Waals surface area contributed by atoms with Gasteiger partial charge in [0.2, 0.25) is 6.10 Å². The molecule has 0 bridgehead atoms. The molecule has 0 aliphatic carbocycles. The Kier molecular flexibility index (Phi) is 8.00. The minimum atomic E-state index is -4.90. The molecule has 6 N–H and O–H groups in total. The Bertz CT molecular complexity index is 959. The summed E-state index contributed by atoms with van der Waals surface area (Å²) in [6.45, 7) is 3.47. The number of hydrogen-bond donors (Lipinski definition) is 4. The number of amides is 1. The lowest BCUT2D eigenvalue weighted by Gasteiger charge is -2.30. The lowest BCUT2D eigenvalue weighted by Crippen LogP contribution is -2.47. The zero-order valence-electron chi connectivity index (χ0n) is 17.4. The van der Waals surface area contributed by atoms with Crippen molar-refractivity contribution in [1.82, 2.24) is 5.32 Å². The Hall–Kier alpha value is -2.95. The summed E-state index contributed by atoms with van der Waals surface area (Å²) in [4.78, 5) is 28.0. The number of alkyl halides is 3. The number of rotatable bonds is 8. The third kappa shape index (κ3) is 6.06. The molecule has 0 saturated carbocycles. The summed E-state index contributed by atoms with van der Waals surface area (Å²) in [5.74, 6) is -2.73. The maximum atomic E-state index is 13.7. The van der Waals surface area contributed by atoms with Crippen molar-refractivity contribution in [2.24, 2.45) is 16.5 Å². The van der Waals surface area contributed by atoms with Gasteiger partial charge in [-0.1, -0.05) is 11.6 Å². The van der Waals surface area contributed by atoms with E-state index < -0.39 is 35.8 Å². The molecule has 1 aliphatic heterocycles. The zero-order chi connectivity index (χ0) is 24.2. The van der Waals surface area contributed by atoms with Gasteiger partial charge in [0.25, 0.3) is 5.91 Å². The number of carboxylic acid groups (broad SMARTS) is 1. The van der Waals surface area contributed by atoms with Crippen molar-refractivity contribution < 1.29 is 32.6 Å². The second kappa shape index (κ2) is 10.1. The zero-order valence-corrected chi connectivity index (χ0v) is 18.2. The Labute approximate surface area is 187 Å². The SMILES string of the molecule is Cc1cc2c(c(C)c1Cl)C=C(C(=O)NC(CCCCN=C(N)N)C(=O)O)[C@@H](C(F)(F)F)O2. The van der Waals surface area contributed by atoms with Gasteiger partial charge in [0.1, 0.15) is 11.8 Å². The predicted molar refractivity (Wildman–Crippen MR) is 113 cm³/mol. The number of hydrogen-bond acceptors (Lipinski definition) is 4. The number of aliphatic imine (C=N–C) groups is 1. The number of nitrogens with zero attached hydrogens (tertiary/aromatic N) is 1. The molecule has 8 nitrogen and oxygen atoms in total. The normalized spacial score (nSPS) is 16.3. The predicted octanol–water partition coefficient (Wildman–Crippen LogP) is 2.68. The van der Waals surface area contributed by atoms with Gasteiger partial charge in [0.15, 0.2) is 5.96 Å². The lowest BCUT2D eigenvalue weighted by atomic mass is 9.95. The first-order chi connectivity index (χ1) is 14.8. The third-order valence-corrected chi connectivity index (χ3v) is 5.46. The van der Waals surface area contributed by atoms with Crippen LogP contribution in [0, 0.1) is 13.8 Å². The number of guanidine groups is 1. The Morgan fingerprint density at radius 3 is 2.53 bits per heavy atom. The summed E-state index contributed by atoms with van der Waals surface area (Å²) in [5.41, 5.74) is 10.9. The number of carboxylic acids is 1. The molecule has 1 aromatic rings. The van der Waals surface area contributed by atoms with Crippen molar-refractivity contribution >= 4 is 35.5 Å². The number of benzene rings is 1. The van der Waals surface area contributed by atoms with Gasteiger partial charge < -0.3 is 26.6 Å². The fraction of sp³-hybridized carbons (Fsp3) is 0.450. The highest BCUT2D eigenvalue weighted by molar-refractivity contribution is 6.32. The van der Waals surface area contributed by atoms with Gasteiger partial charge in [-0.05, 0) is 56.4 Å². The summed E-state index contributed by atoms with van der Waals surface area (Å²) in [6, 6.07) is -0.0359.